The maximum absolute atomic E-state index is 12.1. The summed E-state index contributed by atoms with van der Waals surface area (Å²) < 4.78 is 0. The Kier molecular flexibility index (Phi) is 6.41. The number of thiophene rings is 1. The van der Waals surface area contributed by atoms with Crippen LogP contribution in [0.5, 0.6) is 0 Å². The highest BCUT2D eigenvalue weighted by molar-refractivity contribution is 8.00. The summed E-state index contributed by atoms with van der Waals surface area (Å²) in [6, 6.07) is 0.223. The lowest BCUT2D eigenvalue weighted by atomic mass is 10.0. The SMILES string of the molecule is Cc1sc2ncnc(SCC(=O)N[C@@H](C)CCC(C)C)c2c1C. The molecule has 0 saturated heterocycles. The number of hydrogen-bond donors (Lipinski definition) is 1. The quantitative estimate of drug-likeness (QED) is 0.595. The lowest BCUT2D eigenvalue weighted by Crippen LogP contribution is -2.34. The van der Waals surface area contributed by atoms with E-state index in [1.165, 1.54) is 22.2 Å². The fourth-order valence-corrected chi connectivity index (χ4v) is 4.29. The lowest BCUT2D eigenvalue weighted by Gasteiger charge is -2.14. The monoisotopic (exact) mass is 351 g/mol. The predicted octanol–water partition coefficient (Wildman–Crippen LogP) is 4.34. The van der Waals surface area contributed by atoms with Crippen LogP contribution >= 0.6 is 23.1 Å². The van der Waals surface area contributed by atoms with Crippen molar-refractivity contribution < 1.29 is 4.79 Å². The van der Waals surface area contributed by atoms with Crippen LogP contribution in [0.2, 0.25) is 0 Å². The third-order valence-corrected chi connectivity index (χ3v) is 5.96. The van der Waals surface area contributed by atoms with Gasteiger partial charge >= 0.3 is 0 Å². The molecule has 2 heterocycles. The lowest BCUT2D eigenvalue weighted by molar-refractivity contribution is -0.119. The maximum atomic E-state index is 12.1. The average Bonchev–Trinajstić information content (AvgIpc) is 2.78. The van der Waals surface area contributed by atoms with E-state index in [1.54, 1.807) is 17.7 Å². The Morgan fingerprint density at radius 1 is 1.26 bits per heavy atom. The Balaban J connectivity index is 1.94. The van der Waals surface area contributed by atoms with Crippen LogP contribution < -0.4 is 5.32 Å². The minimum atomic E-state index is 0.0719. The molecule has 0 aliphatic carbocycles. The smallest absolute Gasteiger partial charge is 0.230 e. The minimum absolute atomic E-state index is 0.0719. The van der Waals surface area contributed by atoms with Gasteiger partial charge in [-0.3, -0.25) is 4.79 Å². The molecule has 1 amide bonds. The van der Waals surface area contributed by atoms with E-state index in [4.69, 9.17) is 0 Å². The number of aryl methyl sites for hydroxylation is 2. The molecule has 0 saturated carbocycles. The Morgan fingerprint density at radius 2 is 2.00 bits per heavy atom. The molecule has 2 aromatic rings. The molecule has 2 aromatic heterocycles. The molecule has 6 heteroatoms. The van der Waals surface area contributed by atoms with Gasteiger partial charge in [-0.15, -0.1) is 11.3 Å². The number of amides is 1. The fraction of sp³-hybridized carbons (Fsp3) is 0.588. The molecule has 0 unspecified atom stereocenters. The normalized spacial score (nSPS) is 12.8. The molecule has 0 spiro atoms. The third-order valence-electron chi connectivity index (χ3n) is 3.85. The van der Waals surface area contributed by atoms with Gasteiger partial charge in [0, 0.05) is 16.3 Å². The number of nitrogens with one attached hydrogen (secondary N) is 1. The molecule has 0 aromatic carbocycles. The van der Waals surface area contributed by atoms with Crippen LogP contribution in [0.15, 0.2) is 11.4 Å². The van der Waals surface area contributed by atoms with Gasteiger partial charge in [-0.1, -0.05) is 25.6 Å². The van der Waals surface area contributed by atoms with E-state index in [1.807, 2.05) is 0 Å². The van der Waals surface area contributed by atoms with Crippen LogP contribution in [0.25, 0.3) is 10.2 Å². The molecule has 126 valence electrons. The molecule has 0 aliphatic heterocycles. The number of thioether (sulfide) groups is 1. The largest absolute Gasteiger partial charge is 0.353 e. The van der Waals surface area contributed by atoms with Crippen molar-refractivity contribution in [1.29, 1.82) is 0 Å². The summed E-state index contributed by atoms with van der Waals surface area (Å²) in [5.41, 5.74) is 1.22. The summed E-state index contributed by atoms with van der Waals surface area (Å²) in [6.45, 7) is 10.7. The second-order valence-corrected chi connectivity index (χ2v) is 8.54. The van der Waals surface area contributed by atoms with Gasteiger partial charge in [0.05, 0.1) is 5.75 Å². The number of aromatic nitrogens is 2. The Bertz CT molecular complexity index is 682. The fourth-order valence-electron chi connectivity index (χ4n) is 2.37. The molecule has 2 rings (SSSR count). The van der Waals surface area contributed by atoms with Gasteiger partial charge in [0.15, 0.2) is 0 Å². The molecular weight excluding hydrogens is 326 g/mol. The van der Waals surface area contributed by atoms with E-state index in [-0.39, 0.29) is 11.9 Å². The van der Waals surface area contributed by atoms with Crippen LogP contribution in [-0.4, -0.2) is 27.7 Å². The van der Waals surface area contributed by atoms with Crippen molar-refractivity contribution in [2.45, 2.75) is 58.5 Å². The topological polar surface area (TPSA) is 54.9 Å². The number of carbonyl (C=O) groups is 1. The van der Waals surface area contributed by atoms with Gasteiger partial charge in [-0.2, -0.15) is 0 Å². The first-order chi connectivity index (χ1) is 10.9. The minimum Gasteiger partial charge on any atom is -0.353 e. The average molecular weight is 352 g/mol. The van der Waals surface area contributed by atoms with E-state index in [0.29, 0.717) is 11.7 Å². The van der Waals surface area contributed by atoms with Gasteiger partial charge < -0.3 is 5.32 Å². The Hall–Kier alpha value is -1.14. The number of fused-ring (bicyclic) bond motifs is 1. The van der Waals surface area contributed by atoms with E-state index in [0.717, 1.165) is 28.1 Å². The van der Waals surface area contributed by atoms with Crippen molar-refractivity contribution in [3.63, 3.8) is 0 Å². The Labute approximate surface area is 146 Å². The number of hydrogen-bond acceptors (Lipinski definition) is 5. The van der Waals surface area contributed by atoms with Gasteiger partial charge in [0.2, 0.25) is 5.91 Å². The second-order valence-electron chi connectivity index (χ2n) is 6.37. The summed E-state index contributed by atoms with van der Waals surface area (Å²) in [6.07, 6.45) is 3.74. The summed E-state index contributed by atoms with van der Waals surface area (Å²) in [7, 11) is 0. The first-order valence-corrected chi connectivity index (χ1v) is 9.81. The van der Waals surface area contributed by atoms with E-state index in [9.17, 15) is 4.79 Å². The number of nitrogens with zero attached hydrogens (tertiary/aromatic N) is 2. The maximum Gasteiger partial charge on any atom is 0.230 e. The highest BCUT2D eigenvalue weighted by atomic mass is 32.2. The highest BCUT2D eigenvalue weighted by Gasteiger charge is 2.14. The first-order valence-electron chi connectivity index (χ1n) is 8.01. The number of rotatable bonds is 7. The van der Waals surface area contributed by atoms with Crippen LogP contribution in [0.1, 0.15) is 44.1 Å². The molecule has 0 fully saturated rings. The summed E-state index contributed by atoms with van der Waals surface area (Å²) in [5, 5.41) is 5.08. The van der Waals surface area contributed by atoms with Crippen LogP contribution in [0.4, 0.5) is 0 Å². The molecule has 0 radical (unpaired) electrons. The highest BCUT2D eigenvalue weighted by Crippen LogP contribution is 2.34. The van der Waals surface area contributed by atoms with Crippen molar-refractivity contribution in [2.24, 2.45) is 5.92 Å². The van der Waals surface area contributed by atoms with Crippen LogP contribution in [-0.2, 0) is 4.79 Å². The van der Waals surface area contributed by atoms with Crippen LogP contribution in [0, 0.1) is 19.8 Å². The van der Waals surface area contributed by atoms with E-state index < -0.39 is 0 Å². The van der Waals surface area contributed by atoms with Gasteiger partial charge in [-0.05, 0) is 45.1 Å². The molecule has 23 heavy (non-hydrogen) atoms. The zero-order valence-corrected chi connectivity index (χ0v) is 16.1. The molecule has 0 bridgehead atoms. The van der Waals surface area contributed by atoms with Gasteiger partial charge in [0.25, 0.3) is 0 Å². The summed E-state index contributed by atoms with van der Waals surface area (Å²) in [5.74, 6) is 1.14. The number of carbonyl (C=O) groups excluding carboxylic acids is 1. The standard InChI is InChI=1S/C17H25N3OS2/c1-10(2)6-7-11(3)20-14(21)8-22-16-15-12(4)13(5)23-17(15)19-9-18-16/h9-11H,6-8H2,1-5H3,(H,20,21)/t11-/m0/s1. The molecule has 0 aliphatic rings. The van der Waals surface area contributed by atoms with Gasteiger partial charge in [-0.25, -0.2) is 9.97 Å². The molecule has 1 atom stereocenters. The zero-order chi connectivity index (χ0) is 17.0. The van der Waals surface area contributed by atoms with Crippen molar-refractivity contribution in [3.8, 4) is 0 Å². The van der Waals surface area contributed by atoms with Crippen molar-refractivity contribution >= 4 is 39.2 Å². The molecule has 4 nitrogen and oxygen atoms in total. The summed E-state index contributed by atoms with van der Waals surface area (Å²) >= 11 is 3.18. The van der Waals surface area contributed by atoms with E-state index in [2.05, 4.69) is 49.9 Å². The van der Waals surface area contributed by atoms with Crippen molar-refractivity contribution in [1.82, 2.24) is 15.3 Å². The first kappa shape index (κ1) is 18.2. The van der Waals surface area contributed by atoms with Gasteiger partial charge in [0.1, 0.15) is 16.2 Å². The zero-order valence-electron chi connectivity index (χ0n) is 14.5. The van der Waals surface area contributed by atoms with Crippen molar-refractivity contribution in [2.75, 3.05) is 5.75 Å². The van der Waals surface area contributed by atoms with Crippen molar-refractivity contribution in [3.05, 3.63) is 16.8 Å². The second kappa shape index (κ2) is 8.11. The summed E-state index contributed by atoms with van der Waals surface area (Å²) in [4.78, 5) is 23.1. The molecular formula is C17H25N3OS2. The predicted molar refractivity (Wildman–Crippen MR) is 99.3 cm³/mol. The van der Waals surface area contributed by atoms with E-state index >= 15 is 0 Å². The Morgan fingerprint density at radius 3 is 2.70 bits per heavy atom. The third kappa shape index (κ3) is 4.91. The van der Waals surface area contributed by atoms with Crippen LogP contribution in [0.3, 0.4) is 0 Å². The molecule has 1 N–H and O–H groups in total.